The van der Waals surface area contributed by atoms with Crippen LogP contribution in [0, 0.1) is 5.92 Å². The number of nitrogens with zero attached hydrogens (tertiary/aromatic N) is 2. The molecule has 2 saturated heterocycles. The van der Waals surface area contributed by atoms with Crippen LogP contribution in [0.3, 0.4) is 0 Å². The van der Waals surface area contributed by atoms with Gasteiger partial charge in [0.15, 0.2) is 15.8 Å². The number of hydrogen-bond acceptors (Lipinski definition) is 4. The minimum Gasteiger partial charge on any atom is -0.490 e. The number of piperidine rings is 1. The molecule has 0 bridgehead atoms. The fourth-order valence-electron chi connectivity index (χ4n) is 3.76. The SMILES string of the molecule is O=S1(=O)CCC(CN=C(NC2CC2)N2CCC(Oc3ccccc3)CC2)C1. The van der Waals surface area contributed by atoms with Gasteiger partial charge in [-0.1, -0.05) is 18.2 Å². The lowest BCUT2D eigenvalue weighted by molar-refractivity contribution is 0.129. The second kappa shape index (κ2) is 8.09. The molecule has 1 saturated carbocycles. The van der Waals surface area contributed by atoms with Crippen LogP contribution in [0.4, 0.5) is 0 Å². The lowest BCUT2D eigenvalue weighted by Crippen LogP contribution is -2.48. The van der Waals surface area contributed by atoms with Crippen LogP contribution in [0.25, 0.3) is 0 Å². The molecular weight excluding hydrogens is 362 g/mol. The van der Waals surface area contributed by atoms with E-state index in [0.717, 1.165) is 44.1 Å². The van der Waals surface area contributed by atoms with Crippen LogP contribution in [0.1, 0.15) is 32.1 Å². The summed E-state index contributed by atoms with van der Waals surface area (Å²) in [5.74, 6) is 2.68. The Balaban J connectivity index is 1.32. The Morgan fingerprint density at radius 2 is 1.85 bits per heavy atom. The molecule has 148 valence electrons. The third kappa shape index (κ3) is 5.37. The van der Waals surface area contributed by atoms with Crippen LogP contribution < -0.4 is 10.1 Å². The highest BCUT2D eigenvalue weighted by molar-refractivity contribution is 7.91. The molecule has 6 nitrogen and oxygen atoms in total. The summed E-state index contributed by atoms with van der Waals surface area (Å²) in [6, 6.07) is 10.5. The number of guanidine groups is 1. The number of rotatable bonds is 5. The van der Waals surface area contributed by atoms with E-state index in [1.54, 1.807) is 0 Å². The molecule has 1 aromatic rings. The lowest BCUT2D eigenvalue weighted by Gasteiger charge is -2.34. The zero-order chi connectivity index (χ0) is 18.7. The van der Waals surface area contributed by atoms with E-state index in [1.165, 1.54) is 12.8 Å². The second-order valence-corrected chi connectivity index (χ2v) is 10.2. The topological polar surface area (TPSA) is 71.0 Å². The Labute approximate surface area is 161 Å². The zero-order valence-electron chi connectivity index (χ0n) is 15.7. The fourth-order valence-corrected chi connectivity index (χ4v) is 5.61. The molecule has 1 atom stereocenters. The second-order valence-electron chi connectivity index (χ2n) is 7.97. The van der Waals surface area contributed by atoms with Crippen molar-refractivity contribution in [2.45, 2.75) is 44.2 Å². The number of para-hydroxylation sites is 1. The molecule has 0 radical (unpaired) electrons. The predicted octanol–water partition coefficient (Wildman–Crippen LogP) is 2.07. The molecule has 2 heterocycles. The van der Waals surface area contributed by atoms with Crippen LogP contribution in [0.5, 0.6) is 5.75 Å². The standard InChI is InChI=1S/C20H29N3O3S/c24-27(25)13-10-16(15-27)14-21-20(22-17-6-7-17)23-11-8-19(9-12-23)26-18-4-2-1-3-5-18/h1-5,16-17,19H,6-15H2,(H,21,22). The maximum Gasteiger partial charge on any atom is 0.194 e. The van der Waals surface area contributed by atoms with Crippen molar-refractivity contribution < 1.29 is 13.2 Å². The summed E-state index contributed by atoms with van der Waals surface area (Å²) in [6.07, 6.45) is 5.33. The van der Waals surface area contributed by atoms with Crippen molar-refractivity contribution in [3.63, 3.8) is 0 Å². The number of ether oxygens (including phenoxy) is 1. The smallest absolute Gasteiger partial charge is 0.194 e. The molecule has 0 spiro atoms. The van der Waals surface area contributed by atoms with Crippen LogP contribution in [-0.4, -0.2) is 62.6 Å². The first-order chi connectivity index (χ1) is 13.1. The largest absolute Gasteiger partial charge is 0.490 e. The van der Waals surface area contributed by atoms with Gasteiger partial charge in [-0.15, -0.1) is 0 Å². The molecule has 0 amide bonds. The van der Waals surface area contributed by atoms with Gasteiger partial charge in [-0.2, -0.15) is 0 Å². The van der Waals surface area contributed by atoms with Gasteiger partial charge in [0.05, 0.1) is 11.5 Å². The minimum absolute atomic E-state index is 0.171. The highest BCUT2D eigenvalue weighted by Crippen LogP contribution is 2.23. The number of likely N-dealkylation sites (tertiary alicyclic amines) is 1. The molecule has 1 aromatic carbocycles. The number of aliphatic imine (C=N–C) groups is 1. The Bertz CT molecular complexity index is 754. The Kier molecular flexibility index (Phi) is 5.57. The van der Waals surface area contributed by atoms with E-state index in [4.69, 9.17) is 9.73 Å². The number of sulfone groups is 1. The van der Waals surface area contributed by atoms with Gasteiger partial charge in [0.1, 0.15) is 11.9 Å². The summed E-state index contributed by atoms with van der Waals surface area (Å²) >= 11 is 0. The molecule has 1 aliphatic carbocycles. The van der Waals surface area contributed by atoms with Crippen LogP contribution in [0.15, 0.2) is 35.3 Å². The van der Waals surface area contributed by atoms with E-state index in [-0.39, 0.29) is 12.0 Å². The molecule has 0 aromatic heterocycles. The first-order valence-electron chi connectivity index (χ1n) is 10.1. The van der Waals surface area contributed by atoms with Gasteiger partial charge in [0.25, 0.3) is 0 Å². The molecule has 1 N–H and O–H groups in total. The molecule has 3 aliphatic rings. The summed E-state index contributed by atoms with van der Waals surface area (Å²) < 4.78 is 29.4. The summed E-state index contributed by atoms with van der Waals surface area (Å²) in [6.45, 7) is 2.44. The van der Waals surface area contributed by atoms with Crippen LogP contribution in [-0.2, 0) is 9.84 Å². The quantitative estimate of drug-likeness (QED) is 0.615. The van der Waals surface area contributed by atoms with Crippen molar-refractivity contribution >= 4 is 15.8 Å². The van der Waals surface area contributed by atoms with E-state index in [1.807, 2.05) is 30.3 Å². The van der Waals surface area contributed by atoms with Gasteiger partial charge in [-0.05, 0) is 37.3 Å². The van der Waals surface area contributed by atoms with E-state index in [0.29, 0.717) is 24.1 Å². The van der Waals surface area contributed by atoms with Gasteiger partial charge >= 0.3 is 0 Å². The van der Waals surface area contributed by atoms with Crippen molar-refractivity contribution in [1.82, 2.24) is 10.2 Å². The van der Waals surface area contributed by atoms with Crippen molar-refractivity contribution in [1.29, 1.82) is 0 Å². The van der Waals surface area contributed by atoms with Crippen molar-refractivity contribution in [2.75, 3.05) is 31.1 Å². The number of benzene rings is 1. The molecule has 4 rings (SSSR count). The molecule has 3 fully saturated rings. The normalized spacial score (nSPS) is 26.1. The van der Waals surface area contributed by atoms with Crippen LogP contribution in [0.2, 0.25) is 0 Å². The first kappa shape index (κ1) is 18.6. The Morgan fingerprint density at radius 3 is 2.48 bits per heavy atom. The van der Waals surface area contributed by atoms with Gasteiger partial charge in [-0.25, -0.2) is 8.42 Å². The van der Waals surface area contributed by atoms with Crippen molar-refractivity contribution in [3.05, 3.63) is 30.3 Å². The number of nitrogens with one attached hydrogen (secondary N) is 1. The molecule has 1 unspecified atom stereocenters. The molecular formula is C20H29N3O3S. The van der Waals surface area contributed by atoms with Crippen molar-refractivity contribution in [3.8, 4) is 5.75 Å². The molecule has 27 heavy (non-hydrogen) atoms. The highest BCUT2D eigenvalue weighted by atomic mass is 32.2. The number of hydrogen-bond donors (Lipinski definition) is 1. The van der Waals surface area contributed by atoms with Crippen molar-refractivity contribution in [2.24, 2.45) is 10.9 Å². The maximum atomic E-state index is 11.7. The summed E-state index contributed by atoms with van der Waals surface area (Å²) in [7, 11) is -2.84. The van der Waals surface area contributed by atoms with E-state index in [2.05, 4.69) is 10.2 Å². The summed E-state index contributed by atoms with van der Waals surface area (Å²) in [4.78, 5) is 7.12. The molecule has 2 aliphatic heterocycles. The first-order valence-corrected chi connectivity index (χ1v) is 11.9. The van der Waals surface area contributed by atoms with Crippen LogP contribution >= 0.6 is 0 Å². The third-order valence-corrected chi connectivity index (χ3v) is 7.36. The zero-order valence-corrected chi connectivity index (χ0v) is 16.5. The average molecular weight is 392 g/mol. The maximum absolute atomic E-state index is 11.7. The third-order valence-electron chi connectivity index (χ3n) is 5.52. The predicted molar refractivity (Wildman–Crippen MR) is 107 cm³/mol. The van der Waals surface area contributed by atoms with E-state index >= 15 is 0 Å². The van der Waals surface area contributed by atoms with Gasteiger partial charge < -0.3 is 15.0 Å². The highest BCUT2D eigenvalue weighted by Gasteiger charge is 2.30. The van der Waals surface area contributed by atoms with E-state index < -0.39 is 9.84 Å². The van der Waals surface area contributed by atoms with Gasteiger partial charge in [0, 0.05) is 38.5 Å². The Morgan fingerprint density at radius 1 is 1.11 bits per heavy atom. The average Bonchev–Trinajstić information content (AvgIpc) is 3.42. The monoisotopic (exact) mass is 391 g/mol. The summed E-state index contributed by atoms with van der Waals surface area (Å²) in [5.41, 5.74) is 0. The fraction of sp³-hybridized carbons (Fsp3) is 0.650. The van der Waals surface area contributed by atoms with Gasteiger partial charge in [-0.3, -0.25) is 4.99 Å². The summed E-state index contributed by atoms with van der Waals surface area (Å²) in [5, 5.41) is 3.56. The molecule has 7 heteroatoms. The van der Waals surface area contributed by atoms with E-state index in [9.17, 15) is 8.42 Å². The Hall–Kier alpha value is -1.76. The minimum atomic E-state index is -2.84. The van der Waals surface area contributed by atoms with Gasteiger partial charge in [0.2, 0.25) is 0 Å². The lowest BCUT2D eigenvalue weighted by atomic mass is 10.1.